The van der Waals surface area contributed by atoms with Gasteiger partial charge in [0.05, 0.1) is 42.4 Å². The number of hydrogen-bond donors (Lipinski definition) is 1. The summed E-state index contributed by atoms with van der Waals surface area (Å²) < 4.78 is 76.6. The van der Waals surface area contributed by atoms with E-state index in [0.717, 1.165) is 6.07 Å². The van der Waals surface area contributed by atoms with Crippen molar-refractivity contribution in [2.75, 3.05) is 24.7 Å². The molecule has 0 saturated heterocycles. The maximum absolute atomic E-state index is 14.2. The number of carbonyl (C=O) groups excluding carboxylic acids is 1. The number of halogens is 4. The van der Waals surface area contributed by atoms with Gasteiger partial charge in [-0.2, -0.15) is 0 Å². The predicted octanol–water partition coefficient (Wildman–Crippen LogP) is 4.68. The third-order valence-corrected chi connectivity index (χ3v) is 8.91. The largest absolute Gasteiger partial charge is 0.488 e. The quantitative estimate of drug-likeness (QED) is 0.339. The molecule has 6 rings (SSSR count). The van der Waals surface area contributed by atoms with Crippen molar-refractivity contribution >= 4 is 49.9 Å². The van der Waals surface area contributed by atoms with Gasteiger partial charge in [-0.25, -0.2) is 31.6 Å². The van der Waals surface area contributed by atoms with Crippen LogP contribution in [0, 0.1) is 0 Å². The number of fused-ring (bicyclic) bond motifs is 3. The Hall–Kier alpha value is -4.01. The fraction of sp³-hybridized carbons (Fsp3) is 0.259. The predicted molar refractivity (Wildman–Crippen MR) is 146 cm³/mol. The maximum Gasteiger partial charge on any atom is 0.280 e. The second kappa shape index (κ2) is 11.0. The van der Waals surface area contributed by atoms with E-state index in [0.29, 0.717) is 41.3 Å². The van der Waals surface area contributed by atoms with Crippen molar-refractivity contribution < 1.29 is 35.9 Å². The molecule has 1 atom stereocenters. The molecule has 218 valence electrons. The molecule has 5 heterocycles. The number of ether oxygens (including phenoxy) is 2. The van der Waals surface area contributed by atoms with E-state index in [1.165, 1.54) is 18.2 Å². The van der Waals surface area contributed by atoms with Gasteiger partial charge < -0.3 is 19.7 Å². The summed E-state index contributed by atoms with van der Waals surface area (Å²) >= 11 is 6.24. The molecule has 0 radical (unpaired) electrons. The fourth-order valence-electron chi connectivity index (χ4n) is 4.64. The van der Waals surface area contributed by atoms with E-state index in [-0.39, 0.29) is 45.7 Å². The molecule has 2 aliphatic heterocycles. The van der Waals surface area contributed by atoms with E-state index in [1.807, 2.05) is 0 Å². The van der Waals surface area contributed by atoms with Gasteiger partial charge in [-0.05, 0) is 42.5 Å². The summed E-state index contributed by atoms with van der Waals surface area (Å²) in [4.78, 5) is 27.3. The van der Waals surface area contributed by atoms with Crippen molar-refractivity contribution in [3.05, 3.63) is 76.2 Å². The van der Waals surface area contributed by atoms with Crippen LogP contribution in [0.25, 0.3) is 10.9 Å². The molecular weight excluding hydrogens is 599 g/mol. The number of aromatic nitrogens is 3. The van der Waals surface area contributed by atoms with Crippen molar-refractivity contribution in [3.63, 3.8) is 0 Å². The highest BCUT2D eigenvalue weighted by atomic mass is 35.5. The van der Waals surface area contributed by atoms with Crippen LogP contribution in [-0.2, 0) is 27.7 Å². The summed E-state index contributed by atoms with van der Waals surface area (Å²) in [5.74, 6) is 0.415. The number of alkyl halides is 3. The van der Waals surface area contributed by atoms with Crippen LogP contribution in [0.5, 0.6) is 5.75 Å². The van der Waals surface area contributed by atoms with Gasteiger partial charge in [0, 0.05) is 27.7 Å². The molecule has 3 aromatic heterocycles. The topological polar surface area (TPSA) is 124 Å². The molecule has 42 heavy (non-hydrogen) atoms. The first-order chi connectivity index (χ1) is 20.1. The lowest BCUT2D eigenvalue weighted by atomic mass is 10.1. The van der Waals surface area contributed by atoms with Gasteiger partial charge in [0.25, 0.3) is 12.3 Å². The van der Waals surface area contributed by atoms with Gasteiger partial charge in [0.15, 0.2) is 11.6 Å². The number of benzene rings is 1. The van der Waals surface area contributed by atoms with Gasteiger partial charge in [-0.15, -0.1) is 0 Å². The molecule has 0 aliphatic carbocycles. The summed E-state index contributed by atoms with van der Waals surface area (Å²) in [6.45, 7) is -0.234. The van der Waals surface area contributed by atoms with Crippen molar-refractivity contribution in [3.8, 4) is 5.75 Å². The van der Waals surface area contributed by atoms with Crippen molar-refractivity contribution in [2.45, 2.75) is 30.0 Å². The van der Waals surface area contributed by atoms with Crippen LogP contribution < -0.4 is 15.0 Å². The number of nitrogens with zero attached hydrogens (tertiary/aromatic N) is 4. The molecule has 1 amide bonds. The number of sulfone groups is 1. The van der Waals surface area contributed by atoms with Crippen LogP contribution in [0.3, 0.4) is 0 Å². The minimum atomic E-state index is -4.40. The summed E-state index contributed by atoms with van der Waals surface area (Å²) in [5.41, 5.74) is -1.67. The van der Waals surface area contributed by atoms with Gasteiger partial charge >= 0.3 is 0 Å². The molecule has 1 aromatic carbocycles. The van der Waals surface area contributed by atoms with E-state index in [2.05, 4.69) is 20.3 Å². The number of pyridine rings is 3. The normalized spacial score (nSPS) is 17.7. The Morgan fingerprint density at radius 3 is 2.81 bits per heavy atom. The average Bonchev–Trinajstić information content (AvgIpc) is 3.10. The number of rotatable bonds is 5. The van der Waals surface area contributed by atoms with Crippen LogP contribution in [-0.4, -0.2) is 54.5 Å². The van der Waals surface area contributed by atoms with Crippen LogP contribution >= 0.6 is 11.6 Å². The zero-order valence-corrected chi connectivity index (χ0v) is 23.1. The number of hydrogen-bond acceptors (Lipinski definition) is 9. The van der Waals surface area contributed by atoms with Crippen LogP contribution in [0.1, 0.15) is 33.7 Å². The fourth-order valence-corrected chi connectivity index (χ4v) is 6.32. The lowest BCUT2D eigenvalue weighted by Gasteiger charge is -2.29. The Morgan fingerprint density at radius 1 is 1.17 bits per heavy atom. The van der Waals surface area contributed by atoms with Gasteiger partial charge in [0.2, 0.25) is 15.3 Å². The van der Waals surface area contributed by atoms with Gasteiger partial charge in [0.1, 0.15) is 18.1 Å². The molecule has 1 N–H and O–H groups in total. The second-order valence-corrected chi connectivity index (χ2v) is 11.9. The third-order valence-electron chi connectivity index (χ3n) is 6.79. The molecule has 4 aromatic rings. The van der Waals surface area contributed by atoms with E-state index in [9.17, 15) is 26.4 Å². The molecule has 15 heteroatoms. The van der Waals surface area contributed by atoms with E-state index >= 15 is 0 Å². The maximum atomic E-state index is 14.2. The van der Waals surface area contributed by atoms with E-state index in [1.54, 1.807) is 29.3 Å². The van der Waals surface area contributed by atoms with Gasteiger partial charge in [-0.1, -0.05) is 11.6 Å². The Bertz CT molecular complexity index is 1830. The molecule has 10 nitrogen and oxygen atoms in total. The minimum absolute atomic E-state index is 0.0317. The SMILES string of the molecule is O=C(NCc1cc2nc(N3CCOc4ccc(C(F)F)nc43)ccc2cn1)c1cc(Cl)c2c(c1)S(=O)(=O)[C@@H](F)COC2. The summed E-state index contributed by atoms with van der Waals surface area (Å²) in [5, 5.41) is 3.33. The number of carbonyl (C=O) groups is 1. The Balaban J connectivity index is 1.24. The highest BCUT2D eigenvalue weighted by Gasteiger charge is 2.34. The van der Waals surface area contributed by atoms with Crippen molar-refractivity contribution in [2.24, 2.45) is 0 Å². The first kappa shape index (κ1) is 28.1. The Morgan fingerprint density at radius 2 is 2.00 bits per heavy atom. The highest BCUT2D eigenvalue weighted by molar-refractivity contribution is 7.92. The standard InChI is InChI=1S/C27H21ClF3N5O5S/c28-18-7-15(8-22-17(18)12-40-13-23(29)42(22,38)39)27(37)33-11-16-9-20-14(10-32-16)1-4-24(34-20)36-5-6-41-21-3-2-19(25(30)31)35-26(21)36/h1-4,7-10,23,25H,5-6,11-13H2,(H,33,37)/t23-/m1/s1. The van der Waals surface area contributed by atoms with Crippen molar-refractivity contribution in [1.82, 2.24) is 20.3 Å². The summed E-state index contributed by atoms with van der Waals surface area (Å²) in [7, 11) is -4.40. The summed E-state index contributed by atoms with van der Waals surface area (Å²) in [6.07, 6.45) is -1.17. The summed E-state index contributed by atoms with van der Waals surface area (Å²) in [6, 6.07) is 10.2. The molecule has 0 bridgehead atoms. The van der Waals surface area contributed by atoms with E-state index < -0.39 is 34.3 Å². The van der Waals surface area contributed by atoms with Crippen molar-refractivity contribution in [1.29, 1.82) is 0 Å². The zero-order valence-electron chi connectivity index (χ0n) is 21.6. The van der Waals surface area contributed by atoms with Crippen LogP contribution in [0.2, 0.25) is 5.02 Å². The third kappa shape index (κ3) is 5.21. The molecule has 0 fully saturated rings. The Labute approximate surface area is 242 Å². The zero-order chi connectivity index (χ0) is 29.6. The molecule has 2 aliphatic rings. The van der Waals surface area contributed by atoms with Crippen LogP contribution in [0.15, 0.2) is 53.6 Å². The van der Waals surface area contributed by atoms with Gasteiger partial charge in [-0.3, -0.25) is 9.78 Å². The average molecular weight is 620 g/mol. The highest BCUT2D eigenvalue weighted by Crippen LogP contribution is 2.36. The smallest absolute Gasteiger partial charge is 0.280 e. The van der Waals surface area contributed by atoms with Crippen LogP contribution in [0.4, 0.5) is 24.8 Å². The lowest BCUT2D eigenvalue weighted by molar-refractivity contribution is 0.0947. The first-order valence-electron chi connectivity index (χ1n) is 12.6. The number of amides is 1. The molecule has 0 unspecified atom stereocenters. The monoisotopic (exact) mass is 619 g/mol. The molecule has 0 saturated carbocycles. The second-order valence-electron chi connectivity index (χ2n) is 9.48. The lowest BCUT2D eigenvalue weighted by Crippen LogP contribution is -2.30. The molecular formula is C27H21ClF3N5O5S. The Kier molecular flexibility index (Phi) is 7.37. The first-order valence-corrected chi connectivity index (χ1v) is 14.6. The number of anilines is 2. The number of nitrogens with one attached hydrogen (secondary N) is 1. The van der Waals surface area contributed by atoms with E-state index in [4.69, 9.17) is 21.1 Å². The minimum Gasteiger partial charge on any atom is -0.488 e. The molecule has 0 spiro atoms.